The van der Waals surface area contributed by atoms with E-state index in [1.54, 1.807) is 54.0 Å². The minimum Gasteiger partial charge on any atom is -0.492 e. The number of nitrogens with zero attached hydrogens (tertiary/aromatic N) is 1. The van der Waals surface area contributed by atoms with Crippen molar-refractivity contribution < 1.29 is 14.3 Å². The minimum absolute atomic E-state index is 0.173. The highest BCUT2D eigenvalue weighted by atomic mass is 35.5. The maximum atomic E-state index is 12.3. The molecule has 0 aliphatic heterocycles. The Morgan fingerprint density at radius 1 is 1.10 bits per heavy atom. The number of amides is 2. The van der Waals surface area contributed by atoms with Crippen LogP contribution in [0, 0.1) is 0 Å². The molecule has 0 atom stereocenters. The predicted octanol–water partition coefficient (Wildman–Crippen LogP) is 5.50. The van der Waals surface area contributed by atoms with Gasteiger partial charge in [-0.2, -0.15) is 0 Å². The molecule has 6 nitrogen and oxygen atoms in total. The fourth-order valence-electron chi connectivity index (χ4n) is 2.42. The molecule has 0 aliphatic carbocycles. The van der Waals surface area contributed by atoms with E-state index in [1.165, 1.54) is 11.3 Å². The molecule has 0 radical (unpaired) electrons. The number of hydrogen-bond acceptors (Lipinski definition) is 5. The van der Waals surface area contributed by atoms with E-state index in [0.29, 0.717) is 45.2 Å². The molecule has 0 saturated heterocycles. The number of halogens is 2. The van der Waals surface area contributed by atoms with E-state index in [4.69, 9.17) is 27.9 Å². The molecule has 0 aliphatic rings. The number of carbonyl (C=O) groups excluding carboxylic acids is 2. The lowest BCUT2D eigenvalue weighted by Gasteiger charge is -2.09. The number of thiazole rings is 1. The first-order valence-corrected chi connectivity index (χ1v) is 10.3. The first-order chi connectivity index (χ1) is 14.0. The first kappa shape index (κ1) is 21.1. The molecule has 3 aromatic rings. The average molecular weight is 450 g/mol. The Kier molecular flexibility index (Phi) is 7.46. The minimum atomic E-state index is -0.288. The van der Waals surface area contributed by atoms with Crippen LogP contribution in [0.1, 0.15) is 23.2 Å². The van der Waals surface area contributed by atoms with Crippen LogP contribution in [-0.4, -0.2) is 23.4 Å². The number of ether oxygens (including phenoxy) is 1. The van der Waals surface area contributed by atoms with Crippen molar-refractivity contribution in [2.24, 2.45) is 0 Å². The van der Waals surface area contributed by atoms with Gasteiger partial charge in [0.1, 0.15) is 5.75 Å². The standard InChI is InChI=1S/C20H17Cl2N3O3S/c21-14-6-7-17(16(22)12-14)28-9-2-5-18(26)24-15-4-1-3-13(11-15)19(27)25-20-23-8-10-29-20/h1,3-4,6-8,10-12H,2,5,9H2,(H,24,26)(H,23,25,27). The fraction of sp³-hybridized carbons (Fsp3) is 0.150. The maximum absolute atomic E-state index is 12.3. The SMILES string of the molecule is O=C(CCCOc1ccc(Cl)cc1Cl)Nc1cccc(C(=O)Nc2nccs2)c1. The molecule has 9 heteroatoms. The van der Waals surface area contributed by atoms with Crippen LogP contribution in [0.2, 0.25) is 10.0 Å². The highest BCUT2D eigenvalue weighted by Crippen LogP contribution is 2.27. The van der Waals surface area contributed by atoms with E-state index in [2.05, 4.69) is 15.6 Å². The van der Waals surface area contributed by atoms with Crippen LogP contribution in [0.3, 0.4) is 0 Å². The van der Waals surface area contributed by atoms with Gasteiger partial charge in [0.05, 0.1) is 11.6 Å². The van der Waals surface area contributed by atoms with E-state index in [1.807, 2.05) is 0 Å². The summed E-state index contributed by atoms with van der Waals surface area (Å²) in [6.45, 7) is 0.338. The number of carbonyl (C=O) groups is 2. The Bertz CT molecular complexity index is 996. The summed E-state index contributed by atoms with van der Waals surface area (Å²) < 4.78 is 5.56. The third kappa shape index (κ3) is 6.45. The molecule has 0 saturated carbocycles. The van der Waals surface area contributed by atoms with Gasteiger partial charge in [0.25, 0.3) is 5.91 Å². The zero-order chi connectivity index (χ0) is 20.6. The lowest BCUT2D eigenvalue weighted by atomic mass is 10.2. The Morgan fingerprint density at radius 3 is 2.72 bits per heavy atom. The number of anilines is 2. The van der Waals surface area contributed by atoms with Crippen LogP contribution in [0.5, 0.6) is 5.75 Å². The van der Waals surface area contributed by atoms with Gasteiger partial charge in [-0.15, -0.1) is 11.3 Å². The number of benzene rings is 2. The van der Waals surface area contributed by atoms with Crippen molar-refractivity contribution >= 4 is 57.2 Å². The van der Waals surface area contributed by atoms with Crippen molar-refractivity contribution in [3.8, 4) is 5.75 Å². The molecule has 2 aromatic carbocycles. The molecule has 29 heavy (non-hydrogen) atoms. The van der Waals surface area contributed by atoms with Gasteiger partial charge < -0.3 is 10.1 Å². The van der Waals surface area contributed by atoms with Gasteiger partial charge in [-0.05, 0) is 42.8 Å². The average Bonchev–Trinajstić information content (AvgIpc) is 3.20. The highest BCUT2D eigenvalue weighted by Gasteiger charge is 2.10. The second-order valence-electron chi connectivity index (χ2n) is 5.95. The zero-order valence-corrected chi connectivity index (χ0v) is 17.5. The van der Waals surface area contributed by atoms with Crippen molar-refractivity contribution in [1.82, 2.24) is 4.98 Å². The normalized spacial score (nSPS) is 10.4. The molecule has 0 spiro atoms. The van der Waals surface area contributed by atoms with Crippen molar-refractivity contribution in [2.45, 2.75) is 12.8 Å². The molecule has 3 rings (SSSR count). The van der Waals surface area contributed by atoms with Gasteiger partial charge in [-0.3, -0.25) is 14.9 Å². The quantitative estimate of drug-likeness (QED) is 0.444. The largest absolute Gasteiger partial charge is 0.492 e. The number of aromatic nitrogens is 1. The topological polar surface area (TPSA) is 80.3 Å². The summed E-state index contributed by atoms with van der Waals surface area (Å²) in [6, 6.07) is 11.7. The smallest absolute Gasteiger partial charge is 0.257 e. The van der Waals surface area contributed by atoms with Crippen molar-refractivity contribution in [2.75, 3.05) is 17.2 Å². The summed E-state index contributed by atoms with van der Waals surface area (Å²) in [5, 5.41) is 8.74. The molecule has 150 valence electrons. The van der Waals surface area contributed by atoms with Crippen LogP contribution in [-0.2, 0) is 4.79 Å². The van der Waals surface area contributed by atoms with E-state index >= 15 is 0 Å². The second kappa shape index (κ2) is 10.2. The van der Waals surface area contributed by atoms with Crippen LogP contribution in [0.25, 0.3) is 0 Å². The molecule has 0 fully saturated rings. The van der Waals surface area contributed by atoms with E-state index < -0.39 is 0 Å². The van der Waals surface area contributed by atoms with Gasteiger partial charge in [-0.25, -0.2) is 4.98 Å². The molecule has 0 unspecified atom stereocenters. The summed E-state index contributed by atoms with van der Waals surface area (Å²) in [7, 11) is 0. The molecule has 1 aromatic heterocycles. The summed E-state index contributed by atoms with van der Waals surface area (Å²) in [6.07, 6.45) is 2.39. The van der Waals surface area contributed by atoms with Crippen LogP contribution >= 0.6 is 34.5 Å². The van der Waals surface area contributed by atoms with Crippen molar-refractivity contribution in [3.63, 3.8) is 0 Å². The monoisotopic (exact) mass is 449 g/mol. The highest BCUT2D eigenvalue weighted by molar-refractivity contribution is 7.13. The fourth-order valence-corrected chi connectivity index (χ4v) is 3.41. The first-order valence-electron chi connectivity index (χ1n) is 8.70. The molecule has 2 amide bonds. The summed E-state index contributed by atoms with van der Waals surface area (Å²) in [4.78, 5) is 28.4. The van der Waals surface area contributed by atoms with Crippen molar-refractivity contribution in [1.29, 1.82) is 0 Å². The molecular weight excluding hydrogens is 433 g/mol. The molecule has 1 heterocycles. The molecular formula is C20H17Cl2N3O3S. The van der Waals surface area contributed by atoms with Gasteiger partial charge in [0.2, 0.25) is 5.91 Å². The lowest BCUT2D eigenvalue weighted by Crippen LogP contribution is -2.15. The Hall–Kier alpha value is -2.61. The van der Waals surface area contributed by atoms with Gasteiger partial charge in [0, 0.05) is 34.3 Å². The van der Waals surface area contributed by atoms with Gasteiger partial charge in [-0.1, -0.05) is 29.3 Å². The Morgan fingerprint density at radius 2 is 1.97 bits per heavy atom. The molecule has 0 bridgehead atoms. The third-order valence-corrected chi connectivity index (χ3v) is 4.98. The van der Waals surface area contributed by atoms with Crippen LogP contribution < -0.4 is 15.4 Å². The Labute approximate surface area is 181 Å². The number of rotatable bonds is 8. The number of nitrogens with one attached hydrogen (secondary N) is 2. The van der Waals surface area contributed by atoms with E-state index in [0.717, 1.165) is 0 Å². The summed E-state index contributed by atoms with van der Waals surface area (Å²) >= 11 is 13.2. The van der Waals surface area contributed by atoms with E-state index in [9.17, 15) is 9.59 Å². The second-order valence-corrected chi connectivity index (χ2v) is 7.69. The predicted molar refractivity (Wildman–Crippen MR) is 116 cm³/mol. The summed E-state index contributed by atoms with van der Waals surface area (Å²) in [5.41, 5.74) is 0.974. The van der Waals surface area contributed by atoms with Crippen molar-refractivity contribution in [3.05, 3.63) is 69.7 Å². The lowest BCUT2D eigenvalue weighted by molar-refractivity contribution is -0.116. The summed E-state index contributed by atoms with van der Waals surface area (Å²) in [5.74, 6) is 0.0630. The Balaban J connectivity index is 1.46. The zero-order valence-electron chi connectivity index (χ0n) is 15.2. The molecule has 2 N–H and O–H groups in total. The van der Waals surface area contributed by atoms with Crippen LogP contribution in [0.15, 0.2) is 54.0 Å². The third-order valence-electron chi connectivity index (χ3n) is 3.76. The van der Waals surface area contributed by atoms with E-state index in [-0.39, 0.29) is 18.2 Å². The maximum Gasteiger partial charge on any atom is 0.257 e. The van der Waals surface area contributed by atoms with Crippen LogP contribution in [0.4, 0.5) is 10.8 Å². The van der Waals surface area contributed by atoms with Gasteiger partial charge in [0.15, 0.2) is 5.13 Å². The number of hydrogen-bond donors (Lipinski definition) is 2. The van der Waals surface area contributed by atoms with Gasteiger partial charge >= 0.3 is 0 Å².